The lowest BCUT2D eigenvalue weighted by atomic mass is 9.86. The summed E-state index contributed by atoms with van der Waals surface area (Å²) in [6, 6.07) is 9.14. The maximum absolute atomic E-state index is 12.5. The average molecular weight is 386 g/mol. The number of carbonyl (C=O) groups excluding carboxylic acids is 3. The molecule has 1 amide bonds. The van der Waals surface area contributed by atoms with Gasteiger partial charge in [-0.25, -0.2) is 4.79 Å². The second kappa shape index (κ2) is 8.91. The maximum Gasteiger partial charge on any atom is 0.348 e. The van der Waals surface area contributed by atoms with Crippen LogP contribution in [-0.4, -0.2) is 36.4 Å². The van der Waals surface area contributed by atoms with Gasteiger partial charge in [-0.05, 0) is 37.8 Å². The molecule has 150 valence electrons. The van der Waals surface area contributed by atoms with Crippen molar-refractivity contribution in [1.29, 1.82) is 0 Å². The number of rotatable bonds is 6. The number of hydrogen-bond acceptors (Lipinski definition) is 6. The summed E-state index contributed by atoms with van der Waals surface area (Å²) in [5.74, 6) is -1.24. The van der Waals surface area contributed by atoms with Gasteiger partial charge in [0.15, 0.2) is 18.3 Å². The standard InChI is InChI=1S/C21H26N2O5/c1-13-8-6-7-11-16(13)23-19(25)14(2)28-21(26)18-17(24)12-27-20(18)22-15-9-4-3-5-10-15/h3-5,9-10,13-14,16,22H,6-8,11-12H2,1-2H3,(H,23,25)/t13-,14-,16-/m1/s1. The quantitative estimate of drug-likeness (QED) is 0.576. The van der Waals surface area contributed by atoms with Crippen LogP contribution in [0.1, 0.15) is 39.5 Å². The molecular formula is C21H26N2O5. The molecule has 0 radical (unpaired) electrons. The summed E-state index contributed by atoms with van der Waals surface area (Å²) in [6.45, 7) is 3.38. The van der Waals surface area contributed by atoms with Crippen molar-refractivity contribution < 1.29 is 23.9 Å². The Morgan fingerprint density at radius 3 is 2.61 bits per heavy atom. The van der Waals surface area contributed by atoms with Crippen molar-refractivity contribution in [3.63, 3.8) is 0 Å². The van der Waals surface area contributed by atoms with E-state index in [1.54, 1.807) is 12.1 Å². The molecule has 1 fully saturated rings. The molecule has 2 N–H and O–H groups in total. The smallest absolute Gasteiger partial charge is 0.348 e. The van der Waals surface area contributed by atoms with Gasteiger partial charge in [0.1, 0.15) is 0 Å². The van der Waals surface area contributed by atoms with E-state index in [1.165, 1.54) is 13.3 Å². The van der Waals surface area contributed by atoms with Gasteiger partial charge in [0.25, 0.3) is 5.91 Å². The van der Waals surface area contributed by atoms with Crippen molar-refractivity contribution >= 4 is 23.3 Å². The number of benzene rings is 1. The van der Waals surface area contributed by atoms with E-state index in [9.17, 15) is 14.4 Å². The molecule has 28 heavy (non-hydrogen) atoms. The summed E-state index contributed by atoms with van der Waals surface area (Å²) in [4.78, 5) is 37.1. The van der Waals surface area contributed by atoms with Crippen LogP contribution in [0.3, 0.4) is 0 Å². The number of hydrogen-bond donors (Lipinski definition) is 2. The van der Waals surface area contributed by atoms with Crippen LogP contribution in [0.2, 0.25) is 0 Å². The zero-order valence-corrected chi connectivity index (χ0v) is 16.2. The molecule has 0 spiro atoms. The first kappa shape index (κ1) is 19.9. The second-order valence-electron chi connectivity index (χ2n) is 7.33. The fourth-order valence-corrected chi connectivity index (χ4v) is 3.47. The molecule has 0 aromatic heterocycles. The first-order valence-corrected chi connectivity index (χ1v) is 9.69. The Bertz CT molecular complexity index is 774. The zero-order valence-electron chi connectivity index (χ0n) is 16.2. The van der Waals surface area contributed by atoms with Gasteiger partial charge in [0.2, 0.25) is 11.7 Å². The zero-order chi connectivity index (χ0) is 20.1. The Labute approximate surface area is 164 Å². The van der Waals surface area contributed by atoms with Crippen LogP contribution in [0, 0.1) is 5.92 Å². The summed E-state index contributed by atoms with van der Waals surface area (Å²) < 4.78 is 10.6. The summed E-state index contributed by atoms with van der Waals surface area (Å²) in [5, 5.41) is 5.87. The number of carbonyl (C=O) groups is 3. The SMILES string of the molecule is C[C@@H]1CCCC[C@H]1NC(=O)[C@@H](C)OC(=O)C1=C(Nc2ccccc2)OCC1=O. The van der Waals surface area contributed by atoms with E-state index in [-0.39, 0.29) is 30.0 Å². The fourth-order valence-electron chi connectivity index (χ4n) is 3.47. The Balaban J connectivity index is 1.63. The van der Waals surface area contributed by atoms with Crippen molar-refractivity contribution in [2.24, 2.45) is 5.92 Å². The van der Waals surface area contributed by atoms with Gasteiger partial charge in [-0.2, -0.15) is 0 Å². The first-order chi connectivity index (χ1) is 13.5. The number of ether oxygens (including phenoxy) is 2. The highest BCUT2D eigenvalue weighted by molar-refractivity contribution is 6.20. The summed E-state index contributed by atoms with van der Waals surface area (Å²) in [6.07, 6.45) is 3.26. The number of para-hydroxylation sites is 1. The number of Topliss-reactive ketones (excluding diaryl/α,β-unsaturated/α-hetero) is 1. The molecule has 0 saturated heterocycles. The predicted molar refractivity (Wildman–Crippen MR) is 103 cm³/mol. The summed E-state index contributed by atoms with van der Waals surface area (Å²) >= 11 is 0. The highest BCUT2D eigenvalue weighted by Gasteiger charge is 2.35. The highest BCUT2D eigenvalue weighted by atomic mass is 16.6. The third-order valence-electron chi connectivity index (χ3n) is 5.18. The van der Waals surface area contributed by atoms with Crippen molar-refractivity contribution in [1.82, 2.24) is 5.32 Å². The van der Waals surface area contributed by atoms with Crippen LogP contribution in [-0.2, 0) is 23.9 Å². The molecule has 7 nitrogen and oxygen atoms in total. The lowest BCUT2D eigenvalue weighted by molar-refractivity contribution is -0.152. The monoisotopic (exact) mass is 386 g/mol. The van der Waals surface area contributed by atoms with Crippen molar-refractivity contribution in [2.75, 3.05) is 11.9 Å². The molecule has 7 heteroatoms. The molecule has 3 rings (SSSR count). The number of amides is 1. The van der Waals surface area contributed by atoms with Gasteiger partial charge < -0.3 is 20.1 Å². The number of esters is 1. The summed E-state index contributed by atoms with van der Waals surface area (Å²) in [5.41, 5.74) is 0.476. The van der Waals surface area contributed by atoms with Gasteiger partial charge in [0.05, 0.1) is 0 Å². The number of nitrogens with one attached hydrogen (secondary N) is 2. The average Bonchev–Trinajstić information content (AvgIpc) is 3.04. The van der Waals surface area contributed by atoms with Gasteiger partial charge in [0, 0.05) is 11.7 Å². The van der Waals surface area contributed by atoms with Gasteiger partial charge in [-0.15, -0.1) is 0 Å². The van der Waals surface area contributed by atoms with Crippen LogP contribution in [0.25, 0.3) is 0 Å². The number of ketones is 1. The molecule has 0 bridgehead atoms. The normalized spacial score (nSPS) is 23.0. The third-order valence-corrected chi connectivity index (χ3v) is 5.18. The largest absolute Gasteiger partial charge is 0.470 e. The van der Waals surface area contributed by atoms with Crippen LogP contribution in [0.5, 0.6) is 0 Å². The second-order valence-corrected chi connectivity index (χ2v) is 7.33. The van der Waals surface area contributed by atoms with Crippen LogP contribution in [0.15, 0.2) is 41.8 Å². The molecule has 1 saturated carbocycles. The van der Waals surface area contributed by atoms with Crippen LogP contribution >= 0.6 is 0 Å². The minimum Gasteiger partial charge on any atom is -0.470 e. The van der Waals surface area contributed by atoms with E-state index in [0.717, 1.165) is 19.3 Å². The molecule has 1 aliphatic carbocycles. The number of anilines is 1. The van der Waals surface area contributed by atoms with Crippen molar-refractivity contribution in [2.45, 2.75) is 51.7 Å². The molecule has 1 aromatic rings. The Kier molecular flexibility index (Phi) is 6.34. The molecule has 1 aliphatic heterocycles. The Hall–Kier alpha value is -2.83. The molecule has 1 heterocycles. The first-order valence-electron chi connectivity index (χ1n) is 9.69. The van der Waals surface area contributed by atoms with Crippen LogP contribution in [0.4, 0.5) is 5.69 Å². The van der Waals surface area contributed by atoms with E-state index < -0.39 is 17.9 Å². The van der Waals surface area contributed by atoms with Gasteiger partial charge >= 0.3 is 5.97 Å². The van der Waals surface area contributed by atoms with E-state index in [0.29, 0.717) is 11.6 Å². The molecular weight excluding hydrogens is 360 g/mol. The lowest BCUT2D eigenvalue weighted by Crippen LogP contribution is -2.46. The molecule has 3 atom stereocenters. The fraction of sp³-hybridized carbons (Fsp3) is 0.476. The third kappa shape index (κ3) is 4.71. The summed E-state index contributed by atoms with van der Waals surface area (Å²) in [7, 11) is 0. The van der Waals surface area contributed by atoms with Crippen molar-refractivity contribution in [3.8, 4) is 0 Å². The van der Waals surface area contributed by atoms with E-state index in [1.807, 2.05) is 18.2 Å². The molecule has 2 aliphatic rings. The lowest BCUT2D eigenvalue weighted by Gasteiger charge is -2.30. The predicted octanol–water partition coefficient (Wildman–Crippen LogP) is 2.54. The molecule has 0 unspecified atom stereocenters. The van der Waals surface area contributed by atoms with Gasteiger partial charge in [-0.3, -0.25) is 9.59 Å². The van der Waals surface area contributed by atoms with Crippen molar-refractivity contribution in [3.05, 3.63) is 41.8 Å². The maximum atomic E-state index is 12.5. The van der Waals surface area contributed by atoms with E-state index in [4.69, 9.17) is 9.47 Å². The Morgan fingerprint density at radius 2 is 1.89 bits per heavy atom. The Morgan fingerprint density at radius 1 is 1.18 bits per heavy atom. The topological polar surface area (TPSA) is 93.7 Å². The van der Waals surface area contributed by atoms with E-state index in [2.05, 4.69) is 17.6 Å². The minimum absolute atomic E-state index is 0.0507. The minimum atomic E-state index is -1.000. The molecule has 1 aromatic carbocycles. The van der Waals surface area contributed by atoms with Crippen LogP contribution < -0.4 is 10.6 Å². The van der Waals surface area contributed by atoms with E-state index >= 15 is 0 Å². The van der Waals surface area contributed by atoms with Gasteiger partial charge in [-0.1, -0.05) is 38.0 Å². The highest BCUT2D eigenvalue weighted by Crippen LogP contribution is 2.24.